The molecule has 1 aliphatic rings. The van der Waals surface area contributed by atoms with Gasteiger partial charge in [-0.05, 0) is 17.2 Å². The zero-order chi connectivity index (χ0) is 13.0. The fourth-order valence-corrected chi connectivity index (χ4v) is 2.90. The van der Waals surface area contributed by atoms with Gasteiger partial charge in [0.2, 0.25) is 0 Å². The van der Waals surface area contributed by atoms with Crippen LogP contribution >= 0.6 is 0 Å². The van der Waals surface area contributed by atoms with Crippen molar-refractivity contribution in [3.63, 3.8) is 0 Å². The van der Waals surface area contributed by atoms with Crippen LogP contribution in [0.4, 0.5) is 5.69 Å². The van der Waals surface area contributed by atoms with Gasteiger partial charge < -0.3 is 5.73 Å². The molecule has 2 nitrogen and oxygen atoms in total. The molecule has 1 aliphatic carbocycles. The van der Waals surface area contributed by atoms with Crippen molar-refractivity contribution in [1.82, 2.24) is 0 Å². The Bertz CT molecular complexity index is 849. The van der Waals surface area contributed by atoms with E-state index in [1.165, 1.54) is 0 Å². The van der Waals surface area contributed by atoms with Crippen LogP contribution in [-0.4, -0.2) is 5.78 Å². The molecular weight excluding hydrogens is 234 g/mol. The Hall–Kier alpha value is -2.61. The molecule has 0 spiro atoms. The van der Waals surface area contributed by atoms with Gasteiger partial charge in [-0.2, -0.15) is 0 Å². The molecule has 0 aliphatic heterocycles. The zero-order valence-corrected chi connectivity index (χ0v) is 10.2. The summed E-state index contributed by atoms with van der Waals surface area (Å²) in [6, 6.07) is 17.4. The van der Waals surface area contributed by atoms with Gasteiger partial charge in [0, 0.05) is 27.6 Å². The van der Waals surface area contributed by atoms with E-state index in [0.29, 0.717) is 5.69 Å². The van der Waals surface area contributed by atoms with Crippen LogP contribution in [0.1, 0.15) is 15.9 Å². The second-order valence-corrected chi connectivity index (χ2v) is 4.81. The molecule has 4 rings (SSSR count). The number of benzene rings is 3. The van der Waals surface area contributed by atoms with Crippen LogP contribution in [0.15, 0.2) is 54.6 Å². The quantitative estimate of drug-likeness (QED) is 0.481. The summed E-state index contributed by atoms with van der Waals surface area (Å²) in [5.74, 6) is 0.0827. The zero-order valence-electron chi connectivity index (χ0n) is 10.2. The first-order valence-electron chi connectivity index (χ1n) is 6.22. The molecule has 0 unspecified atom stereocenters. The van der Waals surface area contributed by atoms with Crippen LogP contribution in [0, 0.1) is 0 Å². The van der Waals surface area contributed by atoms with Crippen molar-refractivity contribution in [1.29, 1.82) is 0 Å². The highest BCUT2D eigenvalue weighted by molar-refractivity contribution is 6.26. The number of ketones is 1. The highest BCUT2D eigenvalue weighted by Crippen LogP contribution is 2.40. The van der Waals surface area contributed by atoms with E-state index in [4.69, 9.17) is 5.73 Å². The van der Waals surface area contributed by atoms with E-state index >= 15 is 0 Å². The van der Waals surface area contributed by atoms with Crippen molar-refractivity contribution >= 4 is 22.2 Å². The molecule has 0 radical (unpaired) electrons. The lowest BCUT2D eigenvalue weighted by atomic mass is 9.82. The predicted octanol–water partition coefficient (Wildman–Crippen LogP) is 3.63. The van der Waals surface area contributed by atoms with Crippen LogP contribution in [-0.2, 0) is 0 Å². The first-order chi connectivity index (χ1) is 9.27. The third-order valence-electron chi connectivity index (χ3n) is 3.78. The van der Waals surface area contributed by atoms with Gasteiger partial charge in [0.1, 0.15) is 0 Å². The van der Waals surface area contributed by atoms with Gasteiger partial charge in [0.05, 0.1) is 0 Å². The molecule has 0 aromatic heterocycles. The summed E-state index contributed by atoms with van der Waals surface area (Å²) < 4.78 is 0. The van der Waals surface area contributed by atoms with Crippen molar-refractivity contribution in [2.45, 2.75) is 0 Å². The lowest BCUT2D eigenvalue weighted by molar-refractivity contribution is 0.104. The fraction of sp³-hybridized carbons (Fsp3) is 0. The highest BCUT2D eigenvalue weighted by Gasteiger charge is 2.24. The summed E-state index contributed by atoms with van der Waals surface area (Å²) in [4.78, 5) is 12.6. The van der Waals surface area contributed by atoms with Crippen LogP contribution in [0.3, 0.4) is 0 Å². The molecule has 0 fully saturated rings. The summed E-state index contributed by atoms with van der Waals surface area (Å²) in [7, 11) is 0. The number of carbonyl (C=O) groups is 1. The Balaban J connectivity index is 2.28. The molecule has 2 N–H and O–H groups in total. The van der Waals surface area contributed by atoms with Crippen molar-refractivity contribution in [3.05, 3.63) is 65.7 Å². The predicted molar refractivity (Wildman–Crippen MR) is 77.2 cm³/mol. The largest absolute Gasteiger partial charge is 0.398 e. The van der Waals surface area contributed by atoms with Gasteiger partial charge in [-0.25, -0.2) is 0 Å². The molecule has 90 valence electrons. The Morgan fingerprint density at radius 3 is 2.26 bits per heavy atom. The molecular formula is C17H11NO. The molecule has 0 heterocycles. The Kier molecular flexibility index (Phi) is 1.88. The summed E-state index contributed by atoms with van der Waals surface area (Å²) in [6.07, 6.45) is 0. The summed E-state index contributed by atoms with van der Waals surface area (Å²) >= 11 is 0. The molecule has 0 bridgehead atoms. The first kappa shape index (κ1) is 10.3. The van der Waals surface area contributed by atoms with Crippen molar-refractivity contribution in [2.75, 3.05) is 5.73 Å². The lowest BCUT2D eigenvalue weighted by Gasteiger charge is -2.20. The number of hydrogen-bond donors (Lipinski definition) is 1. The Morgan fingerprint density at radius 1 is 0.684 bits per heavy atom. The van der Waals surface area contributed by atoms with Crippen LogP contribution in [0.25, 0.3) is 21.9 Å². The maximum absolute atomic E-state index is 12.6. The molecule has 3 aromatic carbocycles. The topological polar surface area (TPSA) is 43.1 Å². The third kappa shape index (κ3) is 1.23. The van der Waals surface area contributed by atoms with Crippen molar-refractivity contribution < 1.29 is 4.79 Å². The molecule has 19 heavy (non-hydrogen) atoms. The monoisotopic (exact) mass is 245 g/mol. The SMILES string of the molecule is Nc1ccc2c3c(cccc13)C(=O)c1ccccc1-2. The fourth-order valence-electron chi connectivity index (χ4n) is 2.90. The molecule has 0 amide bonds. The maximum atomic E-state index is 12.6. The Labute approximate surface area is 110 Å². The van der Waals surface area contributed by atoms with Crippen LogP contribution < -0.4 is 5.73 Å². The molecule has 2 heteroatoms. The van der Waals surface area contributed by atoms with Crippen LogP contribution in [0.5, 0.6) is 0 Å². The van der Waals surface area contributed by atoms with Crippen molar-refractivity contribution in [2.24, 2.45) is 0 Å². The van der Waals surface area contributed by atoms with Gasteiger partial charge in [0.25, 0.3) is 0 Å². The van der Waals surface area contributed by atoms with Gasteiger partial charge in [-0.1, -0.05) is 48.5 Å². The van der Waals surface area contributed by atoms with Gasteiger partial charge in [0.15, 0.2) is 5.78 Å². The number of nitrogens with two attached hydrogens (primary N) is 1. The number of anilines is 1. The average molecular weight is 245 g/mol. The van der Waals surface area contributed by atoms with E-state index in [1.54, 1.807) is 0 Å². The summed E-state index contributed by atoms with van der Waals surface area (Å²) in [6.45, 7) is 0. The molecule has 0 atom stereocenters. The van der Waals surface area contributed by atoms with E-state index in [2.05, 4.69) is 0 Å². The van der Waals surface area contributed by atoms with Gasteiger partial charge in [-0.15, -0.1) is 0 Å². The smallest absolute Gasteiger partial charge is 0.194 e. The third-order valence-corrected chi connectivity index (χ3v) is 3.78. The number of carbonyl (C=O) groups excluding carboxylic acids is 1. The van der Waals surface area contributed by atoms with E-state index in [0.717, 1.165) is 33.0 Å². The second-order valence-electron chi connectivity index (χ2n) is 4.81. The minimum atomic E-state index is 0.0827. The first-order valence-corrected chi connectivity index (χ1v) is 6.22. The van der Waals surface area contributed by atoms with Gasteiger partial charge in [-0.3, -0.25) is 4.79 Å². The average Bonchev–Trinajstić information content (AvgIpc) is 2.46. The minimum Gasteiger partial charge on any atom is -0.398 e. The van der Waals surface area contributed by atoms with Crippen molar-refractivity contribution in [3.8, 4) is 11.1 Å². The highest BCUT2D eigenvalue weighted by atomic mass is 16.1. The number of nitrogen functional groups attached to an aromatic ring is 1. The normalized spacial score (nSPS) is 12.5. The summed E-state index contributed by atoms with van der Waals surface area (Å²) in [5.41, 5.74) is 10.4. The standard InChI is InChI=1S/C17H11NO/c18-15-9-8-11-10-4-1-2-5-12(10)17(19)14-7-3-6-13(15)16(11)14/h1-9H,18H2. The van der Waals surface area contributed by atoms with E-state index in [-0.39, 0.29) is 5.78 Å². The maximum Gasteiger partial charge on any atom is 0.194 e. The minimum absolute atomic E-state index is 0.0827. The van der Waals surface area contributed by atoms with Crippen LogP contribution in [0.2, 0.25) is 0 Å². The number of rotatable bonds is 0. The van der Waals surface area contributed by atoms with E-state index in [1.807, 2.05) is 54.6 Å². The second kappa shape index (κ2) is 3.45. The van der Waals surface area contributed by atoms with Gasteiger partial charge >= 0.3 is 0 Å². The van der Waals surface area contributed by atoms with E-state index in [9.17, 15) is 4.79 Å². The number of fused-ring (bicyclic) bond motifs is 2. The molecule has 0 saturated heterocycles. The molecule has 3 aromatic rings. The number of hydrogen-bond acceptors (Lipinski definition) is 2. The lowest BCUT2D eigenvalue weighted by Crippen LogP contribution is -2.10. The molecule has 0 saturated carbocycles. The summed E-state index contributed by atoms with van der Waals surface area (Å²) in [5, 5.41) is 1.93. The van der Waals surface area contributed by atoms with E-state index < -0.39 is 0 Å². The Morgan fingerprint density at radius 2 is 1.42 bits per heavy atom.